The maximum absolute atomic E-state index is 12.9. The number of urea groups is 1. The Morgan fingerprint density at radius 2 is 1.93 bits per heavy atom. The van der Waals surface area contributed by atoms with Gasteiger partial charge < -0.3 is 14.3 Å². The molecule has 2 aromatic rings. The van der Waals surface area contributed by atoms with Gasteiger partial charge in [0.1, 0.15) is 11.3 Å². The van der Waals surface area contributed by atoms with Crippen LogP contribution in [0.15, 0.2) is 28.9 Å². The number of rotatable bonds is 7. The molecule has 0 aromatic carbocycles. The summed E-state index contributed by atoms with van der Waals surface area (Å²) in [5.74, 6) is 0.219. The standard InChI is InChI=1S/C20H25N3O4/c1-5-20(6-2)18(25)23(19(26)21-20)12-17(24)16-10-13(3)22(14(16)4)11-15-8-7-9-27-15/h7-10H,5-6,11-12H2,1-4H3,(H,21,26). The third-order valence-corrected chi connectivity index (χ3v) is 5.52. The summed E-state index contributed by atoms with van der Waals surface area (Å²) < 4.78 is 7.38. The second kappa shape index (κ2) is 7.06. The summed E-state index contributed by atoms with van der Waals surface area (Å²) in [7, 11) is 0. The molecule has 2 aromatic heterocycles. The van der Waals surface area contributed by atoms with Crippen molar-refractivity contribution in [3.8, 4) is 0 Å². The zero-order chi connectivity index (χ0) is 19.8. The number of hydrogen-bond donors (Lipinski definition) is 1. The summed E-state index contributed by atoms with van der Waals surface area (Å²) in [6, 6.07) is 5.00. The van der Waals surface area contributed by atoms with Crippen LogP contribution in [0.3, 0.4) is 0 Å². The smallest absolute Gasteiger partial charge is 0.325 e. The average molecular weight is 371 g/mol. The van der Waals surface area contributed by atoms with Gasteiger partial charge in [-0.25, -0.2) is 4.79 Å². The van der Waals surface area contributed by atoms with Crippen molar-refractivity contribution in [1.82, 2.24) is 14.8 Å². The van der Waals surface area contributed by atoms with Crippen molar-refractivity contribution in [2.75, 3.05) is 6.54 Å². The van der Waals surface area contributed by atoms with Crippen LogP contribution >= 0.6 is 0 Å². The van der Waals surface area contributed by atoms with E-state index < -0.39 is 11.6 Å². The molecule has 1 aliphatic rings. The van der Waals surface area contributed by atoms with Crippen LogP contribution in [0.4, 0.5) is 4.79 Å². The molecule has 0 atom stereocenters. The molecule has 3 rings (SSSR count). The lowest BCUT2D eigenvalue weighted by Crippen LogP contribution is -2.46. The number of nitrogens with zero attached hydrogens (tertiary/aromatic N) is 2. The first kappa shape index (κ1) is 18.9. The number of aryl methyl sites for hydroxylation is 1. The van der Waals surface area contributed by atoms with Gasteiger partial charge in [0, 0.05) is 17.0 Å². The number of furan rings is 1. The summed E-state index contributed by atoms with van der Waals surface area (Å²) in [6.45, 7) is 7.76. The number of aromatic nitrogens is 1. The molecule has 144 valence electrons. The van der Waals surface area contributed by atoms with Gasteiger partial charge in [0.25, 0.3) is 5.91 Å². The van der Waals surface area contributed by atoms with E-state index in [0.717, 1.165) is 22.0 Å². The number of imide groups is 1. The molecule has 3 amide bonds. The van der Waals surface area contributed by atoms with Gasteiger partial charge in [-0.3, -0.25) is 14.5 Å². The van der Waals surface area contributed by atoms with E-state index in [1.54, 1.807) is 12.3 Å². The van der Waals surface area contributed by atoms with Crippen LogP contribution in [-0.4, -0.2) is 39.3 Å². The van der Waals surface area contributed by atoms with Gasteiger partial charge in [-0.05, 0) is 44.9 Å². The molecule has 0 saturated carbocycles. The van der Waals surface area contributed by atoms with E-state index >= 15 is 0 Å². The van der Waals surface area contributed by atoms with Crippen molar-refractivity contribution >= 4 is 17.7 Å². The fourth-order valence-corrected chi connectivity index (χ4v) is 3.66. The van der Waals surface area contributed by atoms with Crippen LogP contribution in [0.2, 0.25) is 0 Å². The minimum absolute atomic E-state index is 0.250. The van der Waals surface area contributed by atoms with Crippen LogP contribution in [0.25, 0.3) is 0 Å². The molecule has 7 heteroatoms. The maximum atomic E-state index is 12.9. The van der Waals surface area contributed by atoms with Crippen LogP contribution < -0.4 is 5.32 Å². The Balaban J connectivity index is 1.81. The lowest BCUT2D eigenvalue weighted by Gasteiger charge is -2.22. The van der Waals surface area contributed by atoms with Crippen molar-refractivity contribution in [2.24, 2.45) is 0 Å². The second-order valence-corrected chi connectivity index (χ2v) is 6.98. The summed E-state index contributed by atoms with van der Waals surface area (Å²) in [6.07, 6.45) is 2.60. The lowest BCUT2D eigenvalue weighted by molar-refractivity contribution is -0.131. The Hall–Kier alpha value is -2.83. The largest absolute Gasteiger partial charge is 0.467 e. The molecule has 1 aliphatic heterocycles. The van der Waals surface area contributed by atoms with Gasteiger partial charge in [0.05, 0.1) is 19.4 Å². The predicted octanol–water partition coefficient (Wildman–Crippen LogP) is 3.04. The molecule has 27 heavy (non-hydrogen) atoms. The van der Waals surface area contributed by atoms with Crippen LogP contribution in [0, 0.1) is 13.8 Å². The number of carbonyl (C=O) groups excluding carboxylic acids is 3. The highest BCUT2D eigenvalue weighted by Crippen LogP contribution is 2.26. The molecule has 3 heterocycles. The fraction of sp³-hybridized carbons (Fsp3) is 0.450. The van der Waals surface area contributed by atoms with Crippen molar-refractivity contribution in [3.05, 3.63) is 47.2 Å². The Labute approximate surface area is 158 Å². The Kier molecular flexibility index (Phi) is 4.95. The minimum Gasteiger partial charge on any atom is -0.467 e. The molecule has 7 nitrogen and oxygen atoms in total. The zero-order valence-corrected chi connectivity index (χ0v) is 16.2. The zero-order valence-electron chi connectivity index (χ0n) is 16.2. The summed E-state index contributed by atoms with van der Waals surface area (Å²) >= 11 is 0. The first-order valence-corrected chi connectivity index (χ1v) is 9.19. The van der Waals surface area contributed by atoms with Gasteiger partial charge in [-0.2, -0.15) is 0 Å². The highest BCUT2D eigenvalue weighted by molar-refractivity contribution is 6.11. The van der Waals surface area contributed by atoms with E-state index in [1.165, 1.54) is 0 Å². The highest BCUT2D eigenvalue weighted by atomic mass is 16.3. The van der Waals surface area contributed by atoms with Crippen molar-refractivity contribution in [3.63, 3.8) is 0 Å². The first-order chi connectivity index (χ1) is 12.8. The fourth-order valence-electron chi connectivity index (χ4n) is 3.66. The second-order valence-electron chi connectivity index (χ2n) is 6.98. The predicted molar refractivity (Wildman–Crippen MR) is 99.6 cm³/mol. The SMILES string of the molecule is CCC1(CC)NC(=O)N(CC(=O)c2cc(C)n(Cc3ccco3)c2C)C1=O. The molecule has 0 spiro atoms. The van der Waals surface area contributed by atoms with E-state index in [9.17, 15) is 14.4 Å². The quantitative estimate of drug-likeness (QED) is 0.599. The van der Waals surface area contributed by atoms with Crippen LogP contribution in [-0.2, 0) is 11.3 Å². The molecular formula is C20H25N3O4. The molecule has 0 aliphatic carbocycles. The minimum atomic E-state index is -0.895. The normalized spacial score (nSPS) is 16.1. The maximum Gasteiger partial charge on any atom is 0.325 e. The Bertz CT molecular complexity index is 875. The highest BCUT2D eigenvalue weighted by Gasteiger charge is 2.49. The summed E-state index contributed by atoms with van der Waals surface area (Å²) in [5.41, 5.74) is 1.33. The van der Waals surface area contributed by atoms with Crippen LogP contribution in [0.1, 0.15) is 54.2 Å². The van der Waals surface area contributed by atoms with Gasteiger partial charge in [-0.1, -0.05) is 13.8 Å². The van der Waals surface area contributed by atoms with E-state index in [2.05, 4.69) is 5.32 Å². The van der Waals surface area contributed by atoms with Gasteiger partial charge in [0.15, 0.2) is 5.78 Å². The lowest BCUT2D eigenvalue weighted by atomic mass is 9.93. The molecule has 1 fully saturated rings. The molecule has 1 saturated heterocycles. The molecular weight excluding hydrogens is 346 g/mol. The number of nitrogens with one attached hydrogen (secondary N) is 1. The average Bonchev–Trinajstić information content (AvgIpc) is 3.32. The third kappa shape index (κ3) is 3.18. The van der Waals surface area contributed by atoms with Crippen molar-refractivity contribution < 1.29 is 18.8 Å². The third-order valence-electron chi connectivity index (χ3n) is 5.52. The monoisotopic (exact) mass is 371 g/mol. The molecule has 0 unspecified atom stereocenters. The number of amides is 3. The van der Waals surface area contributed by atoms with Crippen molar-refractivity contribution in [2.45, 2.75) is 52.6 Å². The first-order valence-electron chi connectivity index (χ1n) is 9.19. The van der Waals surface area contributed by atoms with Gasteiger partial charge >= 0.3 is 6.03 Å². The summed E-state index contributed by atoms with van der Waals surface area (Å²) in [4.78, 5) is 38.9. The Morgan fingerprint density at radius 3 is 2.48 bits per heavy atom. The molecule has 0 radical (unpaired) electrons. The van der Waals surface area contributed by atoms with E-state index in [0.29, 0.717) is 24.9 Å². The summed E-state index contributed by atoms with van der Waals surface area (Å²) in [5, 5.41) is 2.75. The number of carbonyl (C=O) groups is 3. The number of ketones is 1. The Morgan fingerprint density at radius 1 is 1.22 bits per heavy atom. The van der Waals surface area contributed by atoms with Gasteiger partial charge in [-0.15, -0.1) is 0 Å². The number of hydrogen-bond acceptors (Lipinski definition) is 4. The topological polar surface area (TPSA) is 84.6 Å². The van der Waals surface area contributed by atoms with E-state index in [-0.39, 0.29) is 18.2 Å². The van der Waals surface area contributed by atoms with E-state index in [1.807, 2.05) is 44.4 Å². The van der Waals surface area contributed by atoms with Crippen molar-refractivity contribution in [1.29, 1.82) is 0 Å². The molecule has 1 N–H and O–H groups in total. The van der Waals surface area contributed by atoms with Gasteiger partial charge in [0.2, 0.25) is 0 Å². The number of Topliss-reactive ketones (excluding diaryl/α,β-unsaturated/α-hetero) is 1. The molecule has 0 bridgehead atoms. The van der Waals surface area contributed by atoms with Crippen LogP contribution in [0.5, 0.6) is 0 Å². The van der Waals surface area contributed by atoms with E-state index in [4.69, 9.17) is 4.42 Å².